The second-order valence-corrected chi connectivity index (χ2v) is 9.45. The fourth-order valence-corrected chi connectivity index (χ4v) is 4.74. The molecule has 2 heterocycles. The zero-order valence-corrected chi connectivity index (χ0v) is 20.4. The Labute approximate surface area is 213 Å². The van der Waals surface area contributed by atoms with Crippen LogP contribution >= 0.6 is 0 Å². The van der Waals surface area contributed by atoms with Gasteiger partial charge in [0.1, 0.15) is 11.4 Å². The fraction of sp³-hybridized carbons (Fsp3) is 0.207. The Kier molecular flexibility index (Phi) is 6.48. The molecule has 1 aliphatic rings. The monoisotopic (exact) mass is 498 g/mol. The number of halogens is 1. The number of rotatable bonds is 8. The van der Waals surface area contributed by atoms with E-state index >= 15 is 0 Å². The van der Waals surface area contributed by atoms with Crippen LogP contribution in [-0.2, 0) is 22.4 Å². The summed E-state index contributed by atoms with van der Waals surface area (Å²) in [5.74, 6) is -1.27. The molecule has 7 nitrogen and oxygen atoms in total. The number of urea groups is 1. The topological polar surface area (TPSA) is 94.3 Å². The predicted molar refractivity (Wildman–Crippen MR) is 139 cm³/mol. The number of aromatic amines is 1. The quantitative estimate of drug-likeness (QED) is 0.302. The van der Waals surface area contributed by atoms with Crippen LogP contribution in [0.1, 0.15) is 30.9 Å². The molecule has 4 aromatic rings. The molecule has 1 fully saturated rings. The fourth-order valence-electron chi connectivity index (χ4n) is 4.74. The van der Waals surface area contributed by atoms with Crippen molar-refractivity contribution in [2.75, 3.05) is 0 Å². The summed E-state index contributed by atoms with van der Waals surface area (Å²) in [7, 11) is 0. The van der Waals surface area contributed by atoms with Crippen molar-refractivity contribution in [3.8, 4) is 11.3 Å². The van der Waals surface area contributed by atoms with Crippen molar-refractivity contribution in [3.63, 3.8) is 0 Å². The number of benzene rings is 3. The van der Waals surface area contributed by atoms with Gasteiger partial charge in [0.05, 0.1) is 0 Å². The minimum atomic E-state index is -1.10. The van der Waals surface area contributed by atoms with Gasteiger partial charge in [-0.05, 0) is 73.2 Å². The number of amides is 4. The Morgan fingerprint density at radius 1 is 0.946 bits per heavy atom. The van der Waals surface area contributed by atoms with Crippen LogP contribution in [0.2, 0.25) is 0 Å². The number of para-hydroxylation sites is 1. The van der Waals surface area contributed by atoms with Gasteiger partial charge in [0.15, 0.2) is 0 Å². The number of imide groups is 1. The first-order valence-electron chi connectivity index (χ1n) is 12.2. The summed E-state index contributed by atoms with van der Waals surface area (Å²) in [6, 6.07) is 22.9. The van der Waals surface area contributed by atoms with E-state index in [1.54, 1.807) is 19.1 Å². The van der Waals surface area contributed by atoms with Crippen molar-refractivity contribution in [2.45, 2.75) is 38.1 Å². The molecule has 3 aromatic carbocycles. The normalized spacial score (nSPS) is 17.3. The molecule has 0 saturated carbocycles. The number of aromatic nitrogens is 1. The number of hydrogen-bond acceptors (Lipinski definition) is 3. The van der Waals surface area contributed by atoms with E-state index in [1.807, 2.05) is 54.6 Å². The Morgan fingerprint density at radius 2 is 1.65 bits per heavy atom. The molecule has 1 aromatic heterocycles. The molecule has 8 heteroatoms. The van der Waals surface area contributed by atoms with Crippen molar-refractivity contribution in [3.05, 3.63) is 95.8 Å². The summed E-state index contributed by atoms with van der Waals surface area (Å²) in [5, 5.41) is 4.46. The zero-order valence-electron chi connectivity index (χ0n) is 20.4. The lowest BCUT2D eigenvalue weighted by Gasteiger charge is -2.21. The molecule has 3 N–H and O–H groups in total. The third-order valence-corrected chi connectivity index (χ3v) is 6.80. The summed E-state index contributed by atoms with van der Waals surface area (Å²) in [6.45, 7) is 1.67. The highest BCUT2D eigenvalue weighted by Gasteiger charge is 2.48. The summed E-state index contributed by atoms with van der Waals surface area (Å²) < 4.78 is 13.5. The molecule has 37 heavy (non-hydrogen) atoms. The van der Waals surface area contributed by atoms with E-state index in [1.165, 1.54) is 12.1 Å². The Hall–Kier alpha value is -4.46. The lowest BCUT2D eigenvalue weighted by molar-refractivity contribution is -0.138. The van der Waals surface area contributed by atoms with Gasteiger partial charge in [0.2, 0.25) is 5.91 Å². The van der Waals surface area contributed by atoms with Gasteiger partial charge in [0, 0.05) is 23.0 Å². The lowest BCUT2D eigenvalue weighted by Crippen LogP contribution is -2.49. The molecule has 1 saturated heterocycles. The maximum atomic E-state index is 13.5. The molecule has 0 radical (unpaired) electrons. The first-order chi connectivity index (χ1) is 17.8. The summed E-state index contributed by atoms with van der Waals surface area (Å²) in [4.78, 5) is 41.9. The molecular formula is C29H27FN4O3. The number of nitrogens with zero attached hydrogens (tertiary/aromatic N) is 1. The van der Waals surface area contributed by atoms with Crippen molar-refractivity contribution >= 4 is 28.7 Å². The van der Waals surface area contributed by atoms with Crippen LogP contribution in [0.15, 0.2) is 78.9 Å². The average Bonchev–Trinajstić information content (AvgIpc) is 3.37. The number of H-pyrrole nitrogens is 1. The molecule has 188 valence electrons. The lowest BCUT2D eigenvalue weighted by atomic mass is 9.93. The first-order valence-corrected chi connectivity index (χ1v) is 12.2. The van der Waals surface area contributed by atoms with E-state index in [0.717, 1.165) is 38.3 Å². The maximum absolute atomic E-state index is 13.5. The number of carbonyl (C=O) groups excluding carboxylic acids is 3. The van der Waals surface area contributed by atoms with E-state index < -0.39 is 23.4 Å². The number of carbonyl (C=O) groups is 3. The van der Waals surface area contributed by atoms with Gasteiger partial charge in [-0.3, -0.25) is 15.0 Å². The SMILES string of the molecule is CC1(CCc2ccccc2)NC(=O)N(NC(=O)CCc2c(-c3ccc(F)cc3)[nH]c3ccccc23)C1=O. The molecule has 5 rings (SSSR count). The average molecular weight is 499 g/mol. The second kappa shape index (κ2) is 9.89. The van der Waals surface area contributed by atoms with Gasteiger partial charge < -0.3 is 10.3 Å². The highest BCUT2D eigenvalue weighted by atomic mass is 19.1. The Bertz CT molecular complexity index is 1470. The summed E-state index contributed by atoms with van der Waals surface area (Å²) in [5.41, 5.74) is 5.85. The van der Waals surface area contributed by atoms with Crippen LogP contribution in [0.25, 0.3) is 22.2 Å². The summed E-state index contributed by atoms with van der Waals surface area (Å²) >= 11 is 0. The van der Waals surface area contributed by atoms with Crippen LogP contribution in [-0.4, -0.2) is 33.4 Å². The van der Waals surface area contributed by atoms with Crippen LogP contribution in [0.4, 0.5) is 9.18 Å². The number of hydrogen-bond donors (Lipinski definition) is 3. The third kappa shape index (κ3) is 4.95. The molecule has 0 aliphatic carbocycles. The molecule has 1 aliphatic heterocycles. The van der Waals surface area contributed by atoms with E-state index in [0.29, 0.717) is 19.3 Å². The molecule has 1 atom stereocenters. The third-order valence-electron chi connectivity index (χ3n) is 6.80. The van der Waals surface area contributed by atoms with E-state index in [2.05, 4.69) is 15.7 Å². The predicted octanol–water partition coefficient (Wildman–Crippen LogP) is 4.88. The molecule has 0 spiro atoms. The first kappa shape index (κ1) is 24.2. The number of nitrogens with one attached hydrogen (secondary N) is 3. The number of hydrazine groups is 1. The molecular weight excluding hydrogens is 471 g/mol. The molecule has 4 amide bonds. The van der Waals surface area contributed by atoms with E-state index in [-0.39, 0.29) is 12.2 Å². The van der Waals surface area contributed by atoms with Gasteiger partial charge in [-0.15, -0.1) is 0 Å². The highest BCUT2D eigenvalue weighted by Crippen LogP contribution is 2.31. The van der Waals surface area contributed by atoms with Crippen molar-refractivity contribution in [1.82, 2.24) is 20.7 Å². The van der Waals surface area contributed by atoms with Gasteiger partial charge >= 0.3 is 6.03 Å². The smallest absolute Gasteiger partial charge is 0.344 e. The van der Waals surface area contributed by atoms with Gasteiger partial charge in [-0.25, -0.2) is 9.18 Å². The summed E-state index contributed by atoms with van der Waals surface area (Å²) in [6.07, 6.45) is 1.42. The van der Waals surface area contributed by atoms with Crippen LogP contribution in [0.3, 0.4) is 0 Å². The standard InChI is InChI=1S/C29H27FN4O3/c1-29(18-17-19-7-3-2-4-8-19)27(36)34(28(37)32-29)33-25(35)16-15-23-22-9-5-6-10-24(22)31-26(23)20-11-13-21(30)14-12-20/h2-14,31H,15-18H2,1H3,(H,32,37)(H,33,35). The van der Waals surface area contributed by atoms with Gasteiger partial charge in [0.25, 0.3) is 5.91 Å². The van der Waals surface area contributed by atoms with Crippen LogP contribution in [0, 0.1) is 5.82 Å². The minimum absolute atomic E-state index is 0.0494. The molecule has 1 unspecified atom stereocenters. The van der Waals surface area contributed by atoms with Crippen molar-refractivity contribution in [2.24, 2.45) is 0 Å². The van der Waals surface area contributed by atoms with Crippen LogP contribution in [0.5, 0.6) is 0 Å². The number of fused-ring (bicyclic) bond motifs is 1. The van der Waals surface area contributed by atoms with E-state index in [9.17, 15) is 18.8 Å². The molecule has 0 bridgehead atoms. The largest absolute Gasteiger partial charge is 0.354 e. The Morgan fingerprint density at radius 3 is 2.41 bits per heavy atom. The minimum Gasteiger partial charge on any atom is -0.354 e. The van der Waals surface area contributed by atoms with Gasteiger partial charge in [-0.2, -0.15) is 5.01 Å². The van der Waals surface area contributed by atoms with Gasteiger partial charge in [-0.1, -0.05) is 48.5 Å². The van der Waals surface area contributed by atoms with Crippen LogP contribution < -0.4 is 10.7 Å². The second-order valence-electron chi connectivity index (χ2n) is 9.45. The highest BCUT2D eigenvalue weighted by molar-refractivity contribution is 6.07. The van der Waals surface area contributed by atoms with Crippen molar-refractivity contribution < 1.29 is 18.8 Å². The number of aryl methyl sites for hydroxylation is 2. The van der Waals surface area contributed by atoms with E-state index in [4.69, 9.17) is 0 Å². The maximum Gasteiger partial charge on any atom is 0.344 e. The Balaban J connectivity index is 1.27. The van der Waals surface area contributed by atoms with Crippen molar-refractivity contribution in [1.29, 1.82) is 0 Å². The zero-order chi connectivity index (χ0) is 26.0.